The van der Waals surface area contributed by atoms with Gasteiger partial charge in [-0.05, 0) is 18.3 Å². The third-order valence-corrected chi connectivity index (χ3v) is 1.60. The summed E-state index contributed by atoms with van der Waals surface area (Å²) in [6.45, 7) is 8.77. The first-order valence-corrected chi connectivity index (χ1v) is 3.79. The van der Waals surface area contributed by atoms with Crippen LogP contribution >= 0.6 is 0 Å². The maximum Gasteiger partial charge on any atom is 0.00643 e. The minimum atomic E-state index is 0.394. The van der Waals surface area contributed by atoms with Crippen LogP contribution < -0.4 is 5.73 Å². The van der Waals surface area contributed by atoms with E-state index in [4.69, 9.17) is 5.73 Å². The summed E-state index contributed by atoms with van der Waals surface area (Å²) in [5.41, 5.74) is 5.82. The molecular weight excluding hydrogens is 110 g/mol. The van der Waals surface area contributed by atoms with Gasteiger partial charge >= 0.3 is 0 Å². The molecule has 0 radical (unpaired) electrons. The quantitative estimate of drug-likeness (QED) is 0.620. The van der Waals surface area contributed by atoms with Crippen molar-refractivity contribution in [3.63, 3.8) is 0 Å². The molecule has 0 heterocycles. The molecule has 0 fully saturated rings. The third kappa shape index (κ3) is 4.46. The van der Waals surface area contributed by atoms with Crippen LogP contribution in [0.4, 0.5) is 0 Å². The van der Waals surface area contributed by atoms with E-state index < -0.39 is 0 Å². The smallest absolute Gasteiger partial charge is 0.00643 e. The summed E-state index contributed by atoms with van der Waals surface area (Å²) in [6, 6.07) is 0.394. The van der Waals surface area contributed by atoms with Gasteiger partial charge in [-0.15, -0.1) is 0 Å². The first kappa shape index (κ1) is 8.96. The molecule has 2 N–H and O–H groups in total. The molecule has 0 rings (SSSR count). The maximum atomic E-state index is 5.82. The van der Waals surface area contributed by atoms with Crippen molar-refractivity contribution >= 4 is 0 Å². The van der Waals surface area contributed by atoms with Crippen molar-refractivity contribution in [1.82, 2.24) is 0 Å². The Kier molecular flexibility index (Phi) is 3.87. The van der Waals surface area contributed by atoms with Crippen LogP contribution in [0.15, 0.2) is 0 Å². The Balaban J connectivity index is 3.38. The molecule has 0 aliphatic carbocycles. The zero-order valence-electron chi connectivity index (χ0n) is 7.02. The van der Waals surface area contributed by atoms with Crippen LogP contribution in [0.3, 0.4) is 0 Å². The minimum absolute atomic E-state index is 0.394. The Hall–Kier alpha value is -0.0400. The highest BCUT2D eigenvalue weighted by Gasteiger charge is 2.08. The van der Waals surface area contributed by atoms with Gasteiger partial charge in [-0.3, -0.25) is 0 Å². The largest absolute Gasteiger partial charge is 0.327 e. The second-order valence-electron chi connectivity index (χ2n) is 3.54. The summed E-state index contributed by atoms with van der Waals surface area (Å²) in [5.74, 6) is 1.37. The Labute approximate surface area is 58.6 Å². The molecule has 1 heteroatoms. The first-order chi connectivity index (χ1) is 4.04. The molecule has 9 heavy (non-hydrogen) atoms. The molecule has 56 valence electrons. The topological polar surface area (TPSA) is 26.0 Å². The number of nitrogens with two attached hydrogens (primary N) is 1. The summed E-state index contributed by atoms with van der Waals surface area (Å²) in [6.07, 6.45) is 1.15. The van der Waals surface area contributed by atoms with Crippen molar-refractivity contribution in [1.29, 1.82) is 0 Å². The average Bonchev–Trinajstić information content (AvgIpc) is 1.63. The van der Waals surface area contributed by atoms with Crippen molar-refractivity contribution in [2.45, 2.75) is 40.2 Å². The molecule has 0 amide bonds. The highest BCUT2D eigenvalue weighted by molar-refractivity contribution is 4.66. The minimum Gasteiger partial charge on any atom is -0.327 e. The van der Waals surface area contributed by atoms with E-state index in [9.17, 15) is 0 Å². The van der Waals surface area contributed by atoms with Gasteiger partial charge < -0.3 is 5.73 Å². The molecular formula is C8H19N. The van der Waals surface area contributed by atoms with E-state index >= 15 is 0 Å². The van der Waals surface area contributed by atoms with E-state index in [1.54, 1.807) is 0 Å². The first-order valence-electron chi connectivity index (χ1n) is 3.79. The molecule has 0 spiro atoms. The molecule has 0 saturated heterocycles. The number of hydrogen-bond acceptors (Lipinski definition) is 1. The van der Waals surface area contributed by atoms with Gasteiger partial charge in [0, 0.05) is 6.04 Å². The Bertz CT molecular complexity index is 67.0. The van der Waals surface area contributed by atoms with Gasteiger partial charge in [-0.1, -0.05) is 27.7 Å². The predicted molar refractivity (Wildman–Crippen MR) is 42.3 cm³/mol. The summed E-state index contributed by atoms with van der Waals surface area (Å²) in [4.78, 5) is 0. The summed E-state index contributed by atoms with van der Waals surface area (Å²) >= 11 is 0. The van der Waals surface area contributed by atoms with E-state index in [0.29, 0.717) is 12.0 Å². The second kappa shape index (κ2) is 3.89. The molecule has 1 atom stereocenters. The SMILES string of the molecule is CC(C)C[C@@H](N)C(C)C. The van der Waals surface area contributed by atoms with Crippen LogP contribution in [0.5, 0.6) is 0 Å². The normalized spacial score (nSPS) is 15.0. The molecule has 0 aromatic rings. The van der Waals surface area contributed by atoms with Gasteiger partial charge in [0.25, 0.3) is 0 Å². The summed E-state index contributed by atoms with van der Waals surface area (Å²) < 4.78 is 0. The third-order valence-electron chi connectivity index (χ3n) is 1.60. The molecule has 0 saturated carbocycles. The van der Waals surface area contributed by atoms with Crippen LogP contribution in [0, 0.1) is 11.8 Å². The highest BCUT2D eigenvalue weighted by Crippen LogP contribution is 2.09. The van der Waals surface area contributed by atoms with Gasteiger partial charge in [-0.25, -0.2) is 0 Å². The lowest BCUT2D eigenvalue weighted by atomic mass is 9.96. The van der Waals surface area contributed by atoms with Gasteiger partial charge in [0.2, 0.25) is 0 Å². The fourth-order valence-corrected chi connectivity index (χ4v) is 0.816. The molecule has 1 nitrogen and oxygen atoms in total. The zero-order chi connectivity index (χ0) is 7.44. The average molecular weight is 129 g/mol. The molecule has 0 aliphatic heterocycles. The lowest BCUT2D eigenvalue weighted by molar-refractivity contribution is 0.406. The van der Waals surface area contributed by atoms with Gasteiger partial charge in [0.15, 0.2) is 0 Å². The van der Waals surface area contributed by atoms with Crippen molar-refractivity contribution in [2.24, 2.45) is 17.6 Å². The lowest BCUT2D eigenvalue weighted by Gasteiger charge is -2.16. The Morgan fingerprint density at radius 1 is 1.11 bits per heavy atom. The second-order valence-corrected chi connectivity index (χ2v) is 3.54. The fraction of sp³-hybridized carbons (Fsp3) is 1.00. The van der Waals surface area contributed by atoms with Crippen LogP contribution in [-0.4, -0.2) is 6.04 Å². The lowest BCUT2D eigenvalue weighted by Crippen LogP contribution is -2.27. The summed E-state index contributed by atoms with van der Waals surface area (Å²) in [7, 11) is 0. The monoisotopic (exact) mass is 129 g/mol. The van der Waals surface area contributed by atoms with Crippen molar-refractivity contribution in [3.8, 4) is 0 Å². The van der Waals surface area contributed by atoms with E-state index in [-0.39, 0.29) is 0 Å². The Morgan fingerprint density at radius 2 is 1.56 bits per heavy atom. The van der Waals surface area contributed by atoms with E-state index in [2.05, 4.69) is 27.7 Å². The van der Waals surface area contributed by atoms with Gasteiger partial charge in [0.05, 0.1) is 0 Å². The molecule has 0 aromatic carbocycles. The maximum absolute atomic E-state index is 5.82. The van der Waals surface area contributed by atoms with Crippen LogP contribution in [-0.2, 0) is 0 Å². The van der Waals surface area contributed by atoms with Crippen molar-refractivity contribution < 1.29 is 0 Å². The number of hydrogen-bond donors (Lipinski definition) is 1. The van der Waals surface area contributed by atoms with Crippen LogP contribution in [0.2, 0.25) is 0 Å². The van der Waals surface area contributed by atoms with E-state index in [1.165, 1.54) is 0 Å². The molecule has 0 bridgehead atoms. The van der Waals surface area contributed by atoms with Crippen LogP contribution in [0.1, 0.15) is 34.1 Å². The fourth-order valence-electron chi connectivity index (χ4n) is 0.816. The predicted octanol–water partition coefficient (Wildman–Crippen LogP) is 2.02. The molecule has 0 aromatic heterocycles. The van der Waals surface area contributed by atoms with Crippen molar-refractivity contribution in [2.75, 3.05) is 0 Å². The standard InChI is InChI=1S/C8H19N/c1-6(2)5-8(9)7(3)4/h6-8H,5,9H2,1-4H3/t8-/m1/s1. The van der Waals surface area contributed by atoms with Crippen molar-refractivity contribution in [3.05, 3.63) is 0 Å². The van der Waals surface area contributed by atoms with Gasteiger partial charge in [-0.2, -0.15) is 0 Å². The van der Waals surface area contributed by atoms with Crippen LogP contribution in [0.25, 0.3) is 0 Å². The number of rotatable bonds is 3. The van der Waals surface area contributed by atoms with E-state index in [0.717, 1.165) is 12.3 Å². The van der Waals surface area contributed by atoms with E-state index in [1.807, 2.05) is 0 Å². The Morgan fingerprint density at radius 3 is 1.67 bits per heavy atom. The molecule has 0 aliphatic rings. The highest BCUT2D eigenvalue weighted by atomic mass is 14.6. The van der Waals surface area contributed by atoms with Gasteiger partial charge in [0.1, 0.15) is 0 Å². The summed E-state index contributed by atoms with van der Waals surface area (Å²) in [5, 5.41) is 0. The molecule has 0 unspecified atom stereocenters. The zero-order valence-corrected chi connectivity index (χ0v) is 7.02.